The Morgan fingerprint density at radius 2 is 1.77 bits per heavy atom. The van der Waals surface area contributed by atoms with Gasteiger partial charge in [-0.1, -0.05) is 54.7 Å². The first-order chi connectivity index (χ1) is 14.9. The van der Waals surface area contributed by atoms with E-state index in [0.717, 1.165) is 35.5 Å². The SMILES string of the molecule is CCCCNC(=O)[C@@H](C)N(Cc1ccccc1Cl)C(=O)CCCSc1ccc(Cl)cc1. The van der Waals surface area contributed by atoms with E-state index in [4.69, 9.17) is 23.2 Å². The second kappa shape index (κ2) is 13.7. The molecule has 0 aliphatic rings. The maximum atomic E-state index is 13.1. The van der Waals surface area contributed by atoms with Gasteiger partial charge in [0, 0.05) is 34.5 Å². The number of unbranched alkanes of at least 4 members (excludes halogenated alkanes) is 1. The monoisotopic (exact) mass is 480 g/mol. The maximum Gasteiger partial charge on any atom is 0.242 e. The van der Waals surface area contributed by atoms with E-state index < -0.39 is 6.04 Å². The summed E-state index contributed by atoms with van der Waals surface area (Å²) in [4.78, 5) is 28.4. The predicted molar refractivity (Wildman–Crippen MR) is 131 cm³/mol. The lowest BCUT2D eigenvalue weighted by Crippen LogP contribution is -2.47. The van der Waals surface area contributed by atoms with Crippen molar-refractivity contribution in [3.8, 4) is 0 Å². The Balaban J connectivity index is 1.98. The highest BCUT2D eigenvalue weighted by molar-refractivity contribution is 7.99. The van der Waals surface area contributed by atoms with Crippen LogP contribution in [-0.4, -0.2) is 35.1 Å². The predicted octanol–water partition coefficient (Wildman–Crippen LogP) is 6.20. The zero-order valence-corrected chi connectivity index (χ0v) is 20.4. The third-order valence-corrected chi connectivity index (χ3v) is 6.63. The molecule has 0 spiro atoms. The van der Waals surface area contributed by atoms with Crippen molar-refractivity contribution >= 4 is 46.8 Å². The third-order valence-electron chi connectivity index (χ3n) is 4.91. The van der Waals surface area contributed by atoms with Gasteiger partial charge in [0.2, 0.25) is 11.8 Å². The van der Waals surface area contributed by atoms with Crippen molar-refractivity contribution in [3.05, 3.63) is 64.1 Å². The molecule has 7 heteroatoms. The standard InChI is InChI=1S/C24H30Cl2N2O2S/c1-3-4-15-27-24(30)18(2)28(17-19-8-5-6-9-22(19)26)23(29)10-7-16-31-21-13-11-20(25)12-14-21/h5-6,8-9,11-14,18H,3-4,7,10,15-17H2,1-2H3,(H,27,30)/t18-/m1/s1. The average Bonchev–Trinajstić information content (AvgIpc) is 2.77. The average molecular weight is 481 g/mol. The lowest BCUT2D eigenvalue weighted by atomic mass is 10.1. The number of hydrogen-bond acceptors (Lipinski definition) is 3. The molecule has 2 aromatic rings. The highest BCUT2D eigenvalue weighted by Crippen LogP contribution is 2.23. The fourth-order valence-corrected chi connectivity index (χ4v) is 4.19. The molecule has 168 valence electrons. The highest BCUT2D eigenvalue weighted by atomic mass is 35.5. The normalized spacial score (nSPS) is 11.7. The van der Waals surface area contributed by atoms with Gasteiger partial charge < -0.3 is 10.2 Å². The third kappa shape index (κ3) is 8.76. The molecule has 2 aromatic carbocycles. The number of hydrogen-bond donors (Lipinski definition) is 1. The fourth-order valence-electron chi connectivity index (χ4n) is 3.02. The topological polar surface area (TPSA) is 49.4 Å². The van der Waals surface area contributed by atoms with Gasteiger partial charge in [-0.25, -0.2) is 0 Å². The lowest BCUT2D eigenvalue weighted by Gasteiger charge is -2.29. The molecule has 0 bridgehead atoms. The summed E-state index contributed by atoms with van der Waals surface area (Å²) in [6, 6.07) is 14.5. The largest absolute Gasteiger partial charge is 0.354 e. The van der Waals surface area contributed by atoms with Crippen LogP contribution < -0.4 is 5.32 Å². The molecule has 0 saturated heterocycles. The molecule has 0 aromatic heterocycles. The Morgan fingerprint density at radius 3 is 2.45 bits per heavy atom. The summed E-state index contributed by atoms with van der Waals surface area (Å²) in [5.74, 6) is 0.629. The van der Waals surface area contributed by atoms with E-state index in [1.165, 1.54) is 0 Å². The number of nitrogens with one attached hydrogen (secondary N) is 1. The molecule has 1 N–H and O–H groups in total. The molecule has 0 aliphatic carbocycles. The zero-order valence-electron chi connectivity index (χ0n) is 18.1. The Hall–Kier alpha value is -1.69. The second-order valence-electron chi connectivity index (χ2n) is 7.34. The summed E-state index contributed by atoms with van der Waals surface area (Å²) >= 11 is 13.9. The number of rotatable bonds is 12. The second-order valence-corrected chi connectivity index (χ2v) is 9.35. The Labute approximate surface area is 199 Å². The van der Waals surface area contributed by atoms with Crippen molar-refractivity contribution in [2.45, 2.75) is 57.0 Å². The Kier molecular flexibility index (Phi) is 11.3. The van der Waals surface area contributed by atoms with Crippen LogP contribution in [0.25, 0.3) is 0 Å². The lowest BCUT2D eigenvalue weighted by molar-refractivity contribution is -0.140. The van der Waals surface area contributed by atoms with Crippen LogP contribution in [-0.2, 0) is 16.1 Å². The first kappa shape index (κ1) is 25.6. The molecular weight excluding hydrogens is 451 g/mol. The maximum absolute atomic E-state index is 13.1. The number of carbonyl (C=O) groups is 2. The van der Waals surface area contributed by atoms with Gasteiger partial charge in [0.1, 0.15) is 6.04 Å². The van der Waals surface area contributed by atoms with E-state index in [-0.39, 0.29) is 11.8 Å². The van der Waals surface area contributed by atoms with E-state index in [9.17, 15) is 9.59 Å². The summed E-state index contributed by atoms with van der Waals surface area (Å²) in [5.41, 5.74) is 0.835. The molecule has 0 heterocycles. The molecular formula is C24H30Cl2N2O2S. The zero-order chi connectivity index (χ0) is 22.6. The number of carbonyl (C=O) groups excluding carboxylic acids is 2. The van der Waals surface area contributed by atoms with E-state index in [1.807, 2.05) is 42.5 Å². The molecule has 0 unspecified atom stereocenters. The van der Waals surface area contributed by atoms with Gasteiger partial charge in [0.05, 0.1) is 0 Å². The van der Waals surface area contributed by atoms with Gasteiger partial charge in [-0.05, 0) is 61.4 Å². The van der Waals surface area contributed by atoms with Gasteiger partial charge in [-0.3, -0.25) is 9.59 Å². The first-order valence-corrected chi connectivity index (χ1v) is 12.4. The summed E-state index contributed by atoms with van der Waals surface area (Å²) in [5, 5.41) is 4.24. The minimum absolute atomic E-state index is 0.0465. The smallest absolute Gasteiger partial charge is 0.242 e. The van der Waals surface area contributed by atoms with Crippen LogP contribution in [0.4, 0.5) is 0 Å². The van der Waals surface area contributed by atoms with Crippen molar-refractivity contribution in [3.63, 3.8) is 0 Å². The van der Waals surface area contributed by atoms with Crippen LogP contribution in [0, 0.1) is 0 Å². The summed E-state index contributed by atoms with van der Waals surface area (Å²) < 4.78 is 0. The van der Waals surface area contributed by atoms with Crippen LogP contribution in [0.15, 0.2) is 53.4 Å². The van der Waals surface area contributed by atoms with E-state index in [2.05, 4.69) is 12.2 Å². The van der Waals surface area contributed by atoms with Gasteiger partial charge in [0.25, 0.3) is 0 Å². The van der Waals surface area contributed by atoms with Crippen molar-refractivity contribution in [2.24, 2.45) is 0 Å². The van der Waals surface area contributed by atoms with Crippen LogP contribution in [0.5, 0.6) is 0 Å². The Bertz CT molecular complexity index is 846. The number of thioether (sulfide) groups is 1. The van der Waals surface area contributed by atoms with E-state index in [1.54, 1.807) is 29.7 Å². The van der Waals surface area contributed by atoms with Crippen LogP contribution >= 0.6 is 35.0 Å². The molecule has 31 heavy (non-hydrogen) atoms. The summed E-state index contributed by atoms with van der Waals surface area (Å²) in [6.07, 6.45) is 3.01. The van der Waals surface area contributed by atoms with Crippen LogP contribution in [0.1, 0.15) is 45.1 Å². The summed E-state index contributed by atoms with van der Waals surface area (Å²) in [6.45, 7) is 4.78. The molecule has 2 amide bonds. The van der Waals surface area contributed by atoms with Gasteiger partial charge >= 0.3 is 0 Å². The van der Waals surface area contributed by atoms with Crippen molar-refractivity contribution < 1.29 is 9.59 Å². The number of nitrogens with zero attached hydrogens (tertiary/aromatic N) is 1. The summed E-state index contributed by atoms with van der Waals surface area (Å²) in [7, 11) is 0. The first-order valence-electron chi connectivity index (χ1n) is 10.6. The van der Waals surface area contributed by atoms with Gasteiger partial charge in [-0.15, -0.1) is 11.8 Å². The molecule has 0 fully saturated rings. The van der Waals surface area contributed by atoms with E-state index >= 15 is 0 Å². The van der Waals surface area contributed by atoms with Crippen molar-refractivity contribution in [1.82, 2.24) is 10.2 Å². The minimum Gasteiger partial charge on any atom is -0.354 e. The minimum atomic E-state index is -0.565. The molecule has 1 atom stereocenters. The van der Waals surface area contributed by atoms with Crippen LogP contribution in [0.3, 0.4) is 0 Å². The van der Waals surface area contributed by atoms with Crippen molar-refractivity contribution in [2.75, 3.05) is 12.3 Å². The molecule has 0 radical (unpaired) electrons. The van der Waals surface area contributed by atoms with Crippen LogP contribution in [0.2, 0.25) is 10.0 Å². The van der Waals surface area contributed by atoms with Gasteiger partial charge in [0.15, 0.2) is 0 Å². The quantitative estimate of drug-likeness (QED) is 0.290. The Morgan fingerprint density at radius 1 is 1.06 bits per heavy atom. The molecule has 0 aliphatic heterocycles. The number of benzene rings is 2. The van der Waals surface area contributed by atoms with E-state index in [0.29, 0.717) is 29.6 Å². The molecule has 2 rings (SSSR count). The molecule has 4 nitrogen and oxygen atoms in total. The molecule has 0 saturated carbocycles. The van der Waals surface area contributed by atoms with Crippen molar-refractivity contribution in [1.29, 1.82) is 0 Å². The number of halogens is 2. The highest BCUT2D eigenvalue weighted by Gasteiger charge is 2.26. The number of amides is 2. The van der Waals surface area contributed by atoms with Gasteiger partial charge in [-0.2, -0.15) is 0 Å². The fraction of sp³-hybridized carbons (Fsp3) is 0.417.